The van der Waals surface area contributed by atoms with E-state index >= 15 is 0 Å². The number of benzene rings is 1. The Morgan fingerprint density at radius 1 is 1.35 bits per heavy atom. The van der Waals surface area contributed by atoms with Gasteiger partial charge >= 0.3 is 5.97 Å². The normalized spacial score (nSPS) is 16.8. The highest BCUT2D eigenvalue weighted by Crippen LogP contribution is 2.37. The van der Waals surface area contributed by atoms with Crippen molar-refractivity contribution >= 4 is 29.3 Å². The molecule has 0 bridgehead atoms. The number of esters is 1. The molecular weight excluding hydrogens is 294 g/mol. The molecule has 5 heteroatoms. The van der Waals surface area contributed by atoms with Crippen molar-refractivity contribution in [3.8, 4) is 0 Å². The van der Waals surface area contributed by atoms with E-state index in [1.807, 2.05) is 18.2 Å². The number of carbonyl (C=O) groups excluding carboxylic acids is 1. The van der Waals surface area contributed by atoms with Crippen LogP contribution in [-0.2, 0) is 22.6 Å². The van der Waals surface area contributed by atoms with Gasteiger partial charge in [-0.15, -0.1) is 11.8 Å². The van der Waals surface area contributed by atoms with Crippen molar-refractivity contribution in [1.82, 2.24) is 4.98 Å². The minimum absolute atomic E-state index is 0.146. The molecule has 0 amide bonds. The molecule has 0 radical (unpaired) electrons. The number of hydrogen-bond acceptors (Lipinski definition) is 4. The van der Waals surface area contributed by atoms with Crippen LogP contribution in [0.4, 0.5) is 0 Å². The number of carbonyl (C=O) groups is 1. The maximum atomic E-state index is 12.1. The first kappa shape index (κ1) is 13.5. The van der Waals surface area contributed by atoms with Gasteiger partial charge < -0.3 is 4.74 Å². The number of halogens is 1. The molecule has 0 N–H and O–H groups in total. The molecular formula is C15H12ClNO2S. The summed E-state index contributed by atoms with van der Waals surface area (Å²) in [6.45, 7) is 0.233. The van der Waals surface area contributed by atoms with Crippen LogP contribution < -0.4 is 0 Å². The van der Waals surface area contributed by atoms with E-state index in [1.54, 1.807) is 30.1 Å². The number of fused-ring (bicyclic) bond motifs is 1. The molecule has 0 spiro atoms. The van der Waals surface area contributed by atoms with Crippen LogP contribution >= 0.6 is 23.4 Å². The van der Waals surface area contributed by atoms with Crippen molar-refractivity contribution in [3.63, 3.8) is 0 Å². The average molecular weight is 306 g/mol. The topological polar surface area (TPSA) is 39.2 Å². The van der Waals surface area contributed by atoms with E-state index in [4.69, 9.17) is 16.3 Å². The molecule has 20 heavy (non-hydrogen) atoms. The first-order valence-electron chi connectivity index (χ1n) is 6.24. The maximum Gasteiger partial charge on any atom is 0.320 e. The van der Waals surface area contributed by atoms with Crippen molar-refractivity contribution in [3.05, 3.63) is 58.9 Å². The number of thioether (sulfide) groups is 1. The second-order valence-corrected chi connectivity index (χ2v) is 6.15. The van der Waals surface area contributed by atoms with E-state index in [1.165, 1.54) is 10.5 Å². The Kier molecular flexibility index (Phi) is 3.94. The molecule has 3 rings (SSSR count). The Morgan fingerprint density at radius 2 is 2.20 bits per heavy atom. The summed E-state index contributed by atoms with van der Waals surface area (Å²) in [5.41, 5.74) is 2.05. The zero-order valence-corrected chi connectivity index (χ0v) is 12.2. The lowest BCUT2D eigenvalue weighted by Crippen LogP contribution is -2.19. The molecule has 0 saturated carbocycles. The molecule has 0 fully saturated rings. The van der Waals surface area contributed by atoms with Crippen LogP contribution in [-0.4, -0.2) is 16.2 Å². The molecule has 0 saturated heterocycles. The van der Waals surface area contributed by atoms with E-state index in [2.05, 4.69) is 11.1 Å². The molecule has 1 aliphatic rings. The number of hydrogen-bond donors (Lipinski definition) is 0. The van der Waals surface area contributed by atoms with E-state index in [-0.39, 0.29) is 17.8 Å². The number of rotatable bonds is 3. The zero-order chi connectivity index (χ0) is 13.9. The quantitative estimate of drug-likeness (QED) is 0.643. The summed E-state index contributed by atoms with van der Waals surface area (Å²) in [6.07, 6.45) is 2.35. The van der Waals surface area contributed by atoms with Gasteiger partial charge in [0.05, 0.1) is 0 Å². The van der Waals surface area contributed by atoms with Crippen LogP contribution in [0.15, 0.2) is 47.5 Å². The van der Waals surface area contributed by atoms with Crippen LogP contribution in [0.2, 0.25) is 5.15 Å². The first-order chi connectivity index (χ1) is 9.72. The third-order valence-electron chi connectivity index (χ3n) is 3.08. The summed E-state index contributed by atoms with van der Waals surface area (Å²) in [5.74, 6) is -0.179. The number of pyridine rings is 1. The average Bonchev–Trinajstić information content (AvgIpc) is 2.90. The van der Waals surface area contributed by atoms with Crippen molar-refractivity contribution in [2.45, 2.75) is 23.2 Å². The SMILES string of the molecule is O=C(OCc1ccc(Cl)nc1)C1Cc2ccccc2S1. The fraction of sp³-hybridized carbons (Fsp3) is 0.200. The van der Waals surface area contributed by atoms with Gasteiger partial charge in [0.25, 0.3) is 0 Å². The third kappa shape index (κ3) is 2.97. The smallest absolute Gasteiger partial charge is 0.320 e. The predicted molar refractivity (Wildman–Crippen MR) is 78.8 cm³/mol. The Labute approximate surface area is 126 Å². The molecule has 3 nitrogen and oxygen atoms in total. The highest BCUT2D eigenvalue weighted by atomic mass is 35.5. The van der Waals surface area contributed by atoms with Crippen molar-refractivity contribution in [2.75, 3.05) is 0 Å². The minimum atomic E-state index is -0.179. The lowest BCUT2D eigenvalue weighted by atomic mass is 10.1. The Morgan fingerprint density at radius 3 is 2.95 bits per heavy atom. The highest BCUT2D eigenvalue weighted by Gasteiger charge is 2.29. The van der Waals surface area contributed by atoms with E-state index < -0.39 is 0 Å². The van der Waals surface area contributed by atoms with E-state index in [0.717, 1.165) is 12.0 Å². The van der Waals surface area contributed by atoms with Gasteiger partial charge in [-0.1, -0.05) is 35.9 Å². The number of ether oxygens (including phenoxy) is 1. The van der Waals surface area contributed by atoms with Gasteiger partial charge in [0, 0.05) is 16.7 Å². The summed E-state index contributed by atoms with van der Waals surface area (Å²) < 4.78 is 5.34. The van der Waals surface area contributed by atoms with E-state index in [9.17, 15) is 4.79 Å². The van der Waals surface area contributed by atoms with Gasteiger partial charge in [0.1, 0.15) is 17.0 Å². The Bertz CT molecular complexity index is 605. The molecule has 1 aromatic carbocycles. The maximum absolute atomic E-state index is 12.1. The van der Waals surface area contributed by atoms with Crippen molar-refractivity contribution in [1.29, 1.82) is 0 Å². The predicted octanol–water partition coefficient (Wildman–Crippen LogP) is 3.50. The Balaban J connectivity index is 1.57. The van der Waals surface area contributed by atoms with Gasteiger partial charge in [-0.05, 0) is 24.1 Å². The summed E-state index contributed by atoms with van der Waals surface area (Å²) in [4.78, 5) is 17.2. The first-order valence-corrected chi connectivity index (χ1v) is 7.50. The monoisotopic (exact) mass is 305 g/mol. The lowest BCUT2D eigenvalue weighted by molar-refractivity contribution is -0.144. The molecule has 1 unspecified atom stereocenters. The second-order valence-electron chi connectivity index (χ2n) is 4.52. The van der Waals surface area contributed by atoms with Crippen LogP contribution in [0, 0.1) is 0 Å². The zero-order valence-electron chi connectivity index (χ0n) is 10.6. The van der Waals surface area contributed by atoms with Gasteiger partial charge in [0.2, 0.25) is 0 Å². The summed E-state index contributed by atoms with van der Waals surface area (Å²) in [5, 5.41) is 0.287. The summed E-state index contributed by atoms with van der Waals surface area (Å²) in [7, 11) is 0. The molecule has 0 aliphatic carbocycles. The third-order valence-corrected chi connectivity index (χ3v) is 4.60. The highest BCUT2D eigenvalue weighted by molar-refractivity contribution is 8.01. The van der Waals surface area contributed by atoms with Crippen molar-refractivity contribution < 1.29 is 9.53 Å². The number of aromatic nitrogens is 1. The molecule has 1 aromatic heterocycles. The Hall–Kier alpha value is -1.52. The van der Waals surface area contributed by atoms with Crippen LogP contribution in [0.25, 0.3) is 0 Å². The summed E-state index contributed by atoms with van der Waals surface area (Å²) >= 11 is 7.28. The minimum Gasteiger partial charge on any atom is -0.460 e. The van der Waals surface area contributed by atoms with Gasteiger partial charge in [-0.3, -0.25) is 4.79 Å². The van der Waals surface area contributed by atoms with E-state index in [0.29, 0.717) is 5.15 Å². The second kappa shape index (κ2) is 5.85. The fourth-order valence-corrected chi connectivity index (χ4v) is 3.36. The van der Waals surface area contributed by atoms with Crippen LogP contribution in [0.5, 0.6) is 0 Å². The summed E-state index contributed by atoms with van der Waals surface area (Å²) in [6, 6.07) is 11.6. The molecule has 2 aromatic rings. The van der Waals surface area contributed by atoms with Gasteiger partial charge in [-0.2, -0.15) is 0 Å². The standard InChI is InChI=1S/C15H12ClNO2S/c16-14-6-5-10(8-17-14)9-19-15(18)13-7-11-3-1-2-4-12(11)20-13/h1-6,8,13H,7,9H2. The molecule has 2 heterocycles. The fourth-order valence-electron chi connectivity index (χ4n) is 2.05. The van der Waals surface area contributed by atoms with Gasteiger partial charge in [-0.25, -0.2) is 4.98 Å². The van der Waals surface area contributed by atoms with Crippen molar-refractivity contribution in [2.24, 2.45) is 0 Å². The molecule has 1 atom stereocenters. The largest absolute Gasteiger partial charge is 0.460 e. The molecule has 1 aliphatic heterocycles. The van der Waals surface area contributed by atoms with Crippen LogP contribution in [0.1, 0.15) is 11.1 Å². The van der Waals surface area contributed by atoms with Gasteiger partial charge in [0.15, 0.2) is 0 Å². The van der Waals surface area contributed by atoms with Crippen LogP contribution in [0.3, 0.4) is 0 Å². The number of nitrogens with zero attached hydrogens (tertiary/aromatic N) is 1. The molecule has 102 valence electrons. The lowest BCUT2D eigenvalue weighted by Gasteiger charge is -2.09.